The third-order valence-corrected chi connectivity index (χ3v) is 3.93. The molecule has 0 aliphatic heterocycles. The zero-order valence-corrected chi connectivity index (χ0v) is 14.1. The van der Waals surface area contributed by atoms with E-state index in [9.17, 15) is 5.11 Å². The van der Waals surface area contributed by atoms with Gasteiger partial charge in [0.05, 0.1) is 0 Å². The van der Waals surface area contributed by atoms with Crippen LogP contribution in [0.2, 0.25) is 0 Å². The van der Waals surface area contributed by atoms with Gasteiger partial charge in [0.15, 0.2) is 0 Å². The van der Waals surface area contributed by atoms with Crippen molar-refractivity contribution in [2.75, 3.05) is 0 Å². The molecule has 0 heterocycles. The molecule has 0 atom stereocenters. The molecule has 0 radical (unpaired) electrons. The summed E-state index contributed by atoms with van der Waals surface area (Å²) in [6.45, 7) is 2.27. The summed E-state index contributed by atoms with van der Waals surface area (Å²) in [5.41, 5.74) is 0.871. The maximum absolute atomic E-state index is 9.63. The smallest absolute Gasteiger partial charge is 0.122 e. The van der Waals surface area contributed by atoms with Crippen molar-refractivity contribution in [2.45, 2.75) is 71.1 Å². The lowest BCUT2D eigenvalue weighted by Crippen LogP contribution is -1.80. The summed E-state index contributed by atoms with van der Waals surface area (Å²) < 4.78 is 0. The van der Waals surface area contributed by atoms with Crippen LogP contribution in [0.25, 0.3) is 6.08 Å². The molecule has 22 heavy (non-hydrogen) atoms. The van der Waals surface area contributed by atoms with Gasteiger partial charge in [-0.3, -0.25) is 0 Å². The highest BCUT2D eigenvalue weighted by molar-refractivity contribution is 5.57. The number of phenols is 1. The molecule has 0 bridgehead atoms. The Morgan fingerprint density at radius 2 is 1.45 bits per heavy atom. The monoisotopic (exact) mass is 300 g/mol. The Hall–Kier alpha value is -1.50. The van der Waals surface area contributed by atoms with E-state index >= 15 is 0 Å². The standard InChI is InChI=1S/C21H32O/c1-2-3-4-5-6-7-8-9-10-11-12-13-14-17-20-18-15-16-19-21(20)22/h12-19,22H,2-11H2,1H3. The average Bonchev–Trinajstić information content (AvgIpc) is 2.53. The van der Waals surface area contributed by atoms with Gasteiger partial charge >= 0.3 is 0 Å². The van der Waals surface area contributed by atoms with Crippen LogP contribution in [0, 0.1) is 0 Å². The summed E-state index contributed by atoms with van der Waals surface area (Å²) in [5.74, 6) is 0.339. The second-order valence-electron chi connectivity index (χ2n) is 5.96. The van der Waals surface area contributed by atoms with Crippen molar-refractivity contribution in [3.05, 3.63) is 48.1 Å². The number of rotatable bonds is 12. The zero-order chi connectivity index (χ0) is 15.9. The SMILES string of the molecule is CCCCCCCCCCCC=CC=Cc1ccccc1O. The minimum absolute atomic E-state index is 0.339. The van der Waals surface area contributed by atoms with E-state index in [0.717, 1.165) is 12.0 Å². The van der Waals surface area contributed by atoms with Gasteiger partial charge in [0.1, 0.15) is 5.75 Å². The van der Waals surface area contributed by atoms with Crippen molar-refractivity contribution >= 4 is 6.08 Å². The highest BCUT2D eigenvalue weighted by atomic mass is 16.3. The molecule has 0 saturated heterocycles. The van der Waals surface area contributed by atoms with Crippen LogP contribution >= 0.6 is 0 Å². The minimum Gasteiger partial charge on any atom is -0.507 e. The Balaban J connectivity index is 1.97. The molecule has 1 aromatic carbocycles. The van der Waals surface area contributed by atoms with E-state index in [1.807, 2.05) is 30.4 Å². The Morgan fingerprint density at radius 3 is 2.14 bits per heavy atom. The molecular weight excluding hydrogens is 268 g/mol. The fourth-order valence-electron chi connectivity index (χ4n) is 2.54. The van der Waals surface area contributed by atoms with Crippen molar-refractivity contribution in [1.29, 1.82) is 0 Å². The number of para-hydroxylation sites is 1. The van der Waals surface area contributed by atoms with E-state index in [0.29, 0.717) is 5.75 Å². The van der Waals surface area contributed by atoms with Crippen LogP contribution in [-0.2, 0) is 0 Å². The van der Waals surface area contributed by atoms with Gasteiger partial charge in [-0.15, -0.1) is 0 Å². The van der Waals surface area contributed by atoms with Crippen molar-refractivity contribution < 1.29 is 5.11 Å². The molecule has 0 aromatic heterocycles. The van der Waals surface area contributed by atoms with E-state index in [-0.39, 0.29) is 0 Å². The second-order valence-corrected chi connectivity index (χ2v) is 5.96. The van der Waals surface area contributed by atoms with Crippen LogP contribution in [0.4, 0.5) is 0 Å². The third kappa shape index (κ3) is 9.44. The van der Waals surface area contributed by atoms with E-state index in [2.05, 4.69) is 19.1 Å². The van der Waals surface area contributed by atoms with Gasteiger partial charge in [0.25, 0.3) is 0 Å². The molecule has 1 heteroatoms. The average molecular weight is 300 g/mol. The second kappa shape index (κ2) is 13.2. The Kier molecular flexibility index (Phi) is 11.1. The summed E-state index contributed by atoms with van der Waals surface area (Å²) >= 11 is 0. The first-order chi connectivity index (χ1) is 10.8. The van der Waals surface area contributed by atoms with Gasteiger partial charge < -0.3 is 5.11 Å². The number of allylic oxidation sites excluding steroid dienone is 3. The third-order valence-electron chi connectivity index (χ3n) is 3.93. The van der Waals surface area contributed by atoms with Gasteiger partial charge in [0.2, 0.25) is 0 Å². The summed E-state index contributed by atoms with van der Waals surface area (Å²) in [4.78, 5) is 0. The van der Waals surface area contributed by atoms with Crippen LogP contribution in [0.3, 0.4) is 0 Å². The fraction of sp³-hybridized carbons (Fsp3) is 0.524. The Morgan fingerprint density at radius 1 is 0.818 bits per heavy atom. The van der Waals surface area contributed by atoms with Crippen molar-refractivity contribution in [2.24, 2.45) is 0 Å². The van der Waals surface area contributed by atoms with Crippen LogP contribution in [0.1, 0.15) is 76.7 Å². The van der Waals surface area contributed by atoms with E-state index in [1.165, 1.54) is 57.8 Å². The van der Waals surface area contributed by atoms with E-state index in [1.54, 1.807) is 6.07 Å². The van der Waals surface area contributed by atoms with Gasteiger partial charge in [-0.05, 0) is 18.9 Å². The molecule has 1 rings (SSSR count). The first-order valence-corrected chi connectivity index (χ1v) is 8.95. The van der Waals surface area contributed by atoms with Crippen LogP contribution in [0.15, 0.2) is 42.5 Å². The zero-order valence-electron chi connectivity index (χ0n) is 14.1. The Labute approximate surface area is 136 Å². The predicted octanol–water partition coefficient (Wildman–Crippen LogP) is 6.88. The van der Waals surface area contributed by atoms with Gasteiger partial charge in [0, 0.05) is 5.56 Å². The molecule has 0 aliphatic carbocycles. The van der Waals surface area contributed by atoms with Gasteiger partial charge in [-0.25, -0.2) is 0 Å². The number of hydrogen-bond acceptors (Lipinski definition) is 1. The first-order valence-electron chi connectivity index (χ1n) is 8.95. The first kappa shape index (κ1) is 18.5. The lowest BCUT2D eigenvalue weighted by atomic mass is 10.1. The molecule has 0 saturated carbocycles. The Bertz CT molecular complexity index is 431. The molecular formula is C21H32O. The molecule has 1 aromatic rings. The topological polar surface area (TPSA) is 20.2 Å². The fourth-order valence-corrected chi connectivity index (χ4v) is 2.54. The largest absolute Gasteiger partial charge is 0.507 e. The number of benzene rings is 1. The van der Waals surface area contributed by atoms with Crippen molar-refractivity contribution in [3.63, 3.8) is 0 Å². The van der Waals surface area contributed by atoms with E-state index in [4.69, 9.17) is 0 Å². The summed E-state index contributed by atoms with van der Waals surface area (Å²) in [5, 5.41) is 9.63. The van der Waals surface area contributed by atoms with E-state index < -0.39 is 0 Å². The quantitative estimate of drug-likeness (QED) is 0.329. The van der Waals surface area contributed by atoms with Gasteiger partial charge in [-0.1, -0.05) is 101 Å². The number of phenolic OH excluding ortho intramolecular Hbond substituents is 1. The molecule has 1 nitrogen and oxygen atoms in total. The molecule has 0 aliphatic rings. The van der Waals surface area contributed by atoms with Gasteiger partial charge in [-0.2, -0.15) is 0 Å². The van der Waals surface area contributed by atoms with Crippen LogP contribution < -0.4 is 0 Å². The molecule has 0 amide bonds. The van der Waals surface area contributed by atoms with Crippen LogP contribution in [-0.4, -0.2) is 5.11 Å². The number of hydrogen-bond donors (Lipinski definition) is 1. The highest BCUT2D eigenvalue weighted by Gasteiger charge is 1.92. The predicted molar refractivity (Wildman–Crippen MR) is 98.1 cm³/mol. The van der Waals surface area contributed by atoms with Crippen molar-refractivity contribution in [3.8, 4) is 5.75 Å². The molecule has 1 N–H and O–H groups in total. The lowest BCUT2D eigenvalue weighted by molar-refractivity contribution is 0.474. The normalized spacial score (nSPS) is 11.7. The van der Waals surface area contributed by atoms with Crippen LogP contribution in [0.5, 0.6) is 5.75 Å². The lowest BCUT2D eigenvalue weighted by Gasteiger charge is -2.00. The molecule has 0 spiro atoms. The van der Waals surface area contributed by atoms with Crippen molar-refractivity contribution in [1.82, 2.24) is 0 Å². The molecule has 122 valence electrons. The maximum Gasteiger partial charge on any atom is 0.122 e. The molecule has 0 unspecified atom stereocenters. The maximum atomic E-state index is 9.63. The minimum atomic E-state index is 0.339. The summed E-state index contributed by atoms with van der Waals surface area (Å²) in [7, 11) is 0. The summed E-state index contributed by atoms with van der Waals surface area (Å²) in [6, 6.07) is 7.41. The highest BCUT2D eigenvalue weighted by Crippen LogP contribution is 2.17. The number of unbranched alkanes of at least 4 members (excludes halogenated alkanes) is 9. The number of aromatic hydroxyl groups is 1. The molecule has 0 fully saturated rings. The summed E-state index contributed by atoms with van der Waals surface area (Å²) in [6.07, 6.45) is 21.8.